The normalized spacial score (nSPS) is 20.7. The van der Waals surface area contributed by atoms with Gasteiger partial charge in [0.05, 0.1) is 13.2 Å². The molecule has 0 saturated carbocycles. The molecule has 1 N–H and O–H groups in total. The van der Waals surface area contributed by atoms with E-state index in [1.165, 1.54) is 19.4 Å². The zero-order chi connectivity index (χ0) is 12.8. The van der Waals surface area contributed by atoms with Gasteiger partial charge in [-0.2, -0.15) is 0 Å². The molecule has 2 rings (SSSR count). The van der Waals surface area contributed by atoms with Crippen molar-refractivity contribution in [1.82, 2.24) is 10.2 Å². The number of rotatable bonds is 7. The lowest BCUT2D eigenvalue weighted by atomic mass is 10.2. The van der Waals surface area contributed by atoms with E-state index in [2.05, 4.69) is 10.2 Å². The summed E-state index contributed by atoms with van der Waals surface area (Å²) >= 11 is 0. The van der Waals surface area contributed by atoms with Gasteiger partial charge in [0, 0.05) is 26.2 Å². The highest BCUT2D eigenvalue weighted by molar-refractivity contribution is 5.05. The first-order valence-electron chi connectivity index (χ1n) is 6.78. The summed E-state index contributed by atoms with van der Waals surface area (Å²) in [5.41, 5.74) is 0. The molecular formula is C14H24N2O2. The molecule has 0 aliphatic carbocycles. The molecule has 0 radical (unpaired) electrons. The average molecular weight is 252 g/mol. The van der Waals surface area contributed by atoms with Gasteiger partial charge >= 0.3 is 0 Å². The highest BCUT2D eigenvalue weighted by Crippen LogP contribution is 2.16. The van der Waals surface area contributed by atoms with Crippen LogP contribution in [0, 0.1) is 6.92 Å². The molecule has 1 unspecified atom stereocenters. The van der Waals surface area contributed by atoms with Crippen molar-refractivity contribution >= 4 is 0 Å². The SMILES string of the molecule is COCCN1CCCC1CNCc1ccc(C)o1. The van der Waals surface area contributed by atoms with Gasteiger partial charge in [-0.05, 0) is 38.4 Å². The molecular weight excluding hydrogens is 228 g/mol. The number of hydrogen-bond acceptors (Lipinski definition) is 4. The minimum Gasteiger partial charge on any atom is -0.465 e. The maximum absolute atomic E-state index is 5.54. The van der Waals surface area contributed by atoms with E-state index in [0.29, 0.717) is 6.04 Å². The first kappa shape index (κ1) is 13.6. The van der Waals surface area contributed by atoms with Gasteiger partial charge < -0.3 is 14.5 Å². The van der Waals surface area contributed by atoms with E-state index >= 15 is 0 Å². The Morgan fingerprint density at radius 1 is 1.50 bits per heavy atom. The van der Waals surface area contributed by atoms with Crippen molar-refractivity contribution in [2.24, 2.45) is 0 Å². The lowest BCUT2D eigenvalue weighted by molar-refractivity contribution is 0.140. The minimum atomic E-state index is 0.649. The second kappa shape index (κ2) is 6.92. The lowest BCUT2D eigenvalue weighted by Gasteiger charge is -2.24. The van der Waals surface area contributed by atoms with Gasteiger partial charge in [0.1, 0.15) is 11.5 Å². The Hall–Kier alpha value is -0.840. The molecule has 0 amide bonds. The third-order valence-electron chi connectivity index (χ3n) is 3.56. The summed E-state index contributed by atoms with van der Waals surface area (Å²) in [5, 5.41) is 3.49. The van der Waals surface area contributed by atoms with E-state index < -0.39 is 0 Å². The van der Waals surface area contributed by atoms with Crippen molar-refractivity contribution in [1.29, 1.82) is 0 Å². The number of nitrogens with one attached hydrogen (secondary N) is 1. The number of aryl methyl sites for hydroxylation is 1. The van der Waals surface area contributed by atoms with E-state index in [-0.39, 0.29) is 0 Å². The maximum atomic E-state index is 5.54. The molecule has 0 aromatic carbocycles. The number of methoxy groups -OCH3 is 1. The largest absolute Gasteiger partial charge is 0.465 e. The van der Waals surface area contributed by atoms with Crippen molar-refractivity contribution in [2.45, 2.75) is 32.4 Å². The highest BCUT2D eigenvalue weighted by atomic mass is 16.5. The van der Waals surface area contributed by atoms with Crippen LogP contribution in [0.4, 0.5) is 0 Å². The van der Waals surface area contributed by atoms with Gasteiger partial charge in [0.25, 0.3) is 0 Å². The topological polar surface area (TPSA) is 37.6 Å². The van der Waals surface area contributed by atoms with Crippen LogP contribution in [-0.4, -0.2) is 44.3 Å². The fourth-order valence-corrected chi connectivity index (χ4v) is 2.57. The Balaban J connectivity index is 1.69. The molecule has 18 heavy (non-hydrogen) atoms. The van der Waals surface area contributed by atoms with Crippen molar-refractivity contribution < 1.29 is 9.15 Å². The van der Waals surface area contributed by atoms with Crippen LogP contribution in [0.25, 0.3) is 0 Å². The summed E-state index contributed by atoms with van der Waals surface area (Å²) in [7, 11) is 1.77. The molecule has 1 atom stereocenters. The molecule has 1 aromatic rings. The van der Waals surface area contributed by atoms with E-state index in [0.717, 1.165) is 37.8 Å². The number of nitrogens with zero attached hydrogens (tertiary/aromatic N) is 1. The average Bonchev–Trinajstić information content (AvgIpc) is 2.96. The summed E-state index contributed by atoms with van der Waals surface area (Å²) in [4.78, 5) is 2.52. The van der Waals surface area contributed by atoms with Crippen LogP contribution in [0.15, 0.2) is 16.5 Å². The van der Waals surface area contributed by atoms with Gasteiger partial charge in [-0.25, -0.2) is 0 Å². The Labute approximate surface area is 109 Å². The predicted octanol–water partition coefficient (Wildman–Crippen LogP) is 1.79. The Kier molecular flexibility index (Phi) is 5.23. The van der Waals surface area contributed by atoms with E-state index in [1.54, 1.807) is 7.11 Å². The van der Waals surface area contributed by atoms with Crippen molar-refractivity contribution in [3.05, 3.63) is 23.7 Å². The Morgan fingerprint density at radius 3 is 3.11 bits per heavy atom. The van der Waals surface area contributed by atoms with Crippen LogP contribution >= 0.6 is 0 Å². The number of likely N-dealkylation sites (tertiary alicyclic amines) is 1. The minimum absolute atomic E-state index is 0.649. The molecule has 1 saturated heterocycles. The highest BCUT2D eigenvalue weighted by Gasteiger charge is 2.23. The Morgan fingerprint density at radius 2 is 2.39 bits per heavy atom. The monoisotopic (exact) mass is 252 g/mol. The standard InChI is InChI=1S/C14H24N2O2/c1-12-5-6-14(18-12)11-15-10-13-4-3-7-16(13)8-9-17-2/h5-6,13,15H,3-4,7-11H2,1-2H3. The number of hydrogen-bond donors (Lipinski definition) is 1. The van der Waals surface area contributed by atoms with Crippen LogP contribution < -0.4 is 5.32 Å². The fourth-order valence-electron chi connectivity index (χ4n) is 2.57. The molecule has 1 aromatic heterocycles. The van der Waals surface area contributed by atoms with E-state index in [9.17, 15) is 0 Å². The van der Waals surface area contributed by atoms with Crippen LogP contribution in [-0.2, 0) is 11.3 Å². The second-order valence-corrected chi connectivity index (χ2v) is 4.97. The van der Waals surface area contributed by atoms with Gasteiger partial charge in [-0.15, -0.1) is 0 Å². The molecule has 1 fully saturated rings. The quantitative estimate of drug-likeness (QED) is 0.803. The Bertz CT molecular complexity index is 351. The molecule has 1 aliphatic rings. The van der Waals surface area contributed by atoms with E-state index in [1.807, 2.05) is 19.1 Å². The summed E-state index contributed by atoms with van der Waals surface area (Å²) in [6.07, 6.45) is 2.59. The molecule has 0 spiro atoms. The van der Waals surface area contributed by atoms with Gasteiger partial charge in [-0.3, -0.25) is 4.90 Å². The summed E-state index contributed by atoms with van der Waals surface area (Å²) < 4.78 is 10.7. The van der Waals surface area contributed by atoms with Crippen LogP contribution in [0.5, 0.6) is 0 Å². The zero-order valence-electron chi connectivity index (χ0n) is 11.4. The second-order valence-electron chi connectivity index (χ2n) is 4.97. The molecule has 4 nitrogen and oxygen atoms in total. The third-order valence-corrected chi connectivity index (χ3v) is 3.56. The lowest BCUT2D eigenvalue weighted by Crippen LogP contribution is -2.39. The summed E-state index contributed by atoms with van der Waals surface area (Å²) in [5.74, 6) is 2.00. The number of ether oxygens (including phenoxy) is 1. The fraction of sp³-hybridized carbons (Fsp3) is 0.714. The summed E-state index contributed by atoms with van der Waals surface area (Å²) in [6.45, 7) is 6.91. The van der Waals surface area contributed by atoms with Crippen molar-refractivity contribution in [2.75, 3.05) is 33.4 Å². The number of furan rings is 1. The van der Waals surface area contributed by atoms with Crippen molar-refractivity contribution in [3.63, 3.8) is 0 Å². The third kappa shape index (κ3) is 3.83. The van der Waals surface area contributed by atoms with Crippen LogP contribution in [0.2, 0.25) is 0 Å². The molecule has 2 heterocycles. The van der Waals surface area contributed by atoms with Gasteiger partial charge in [-0.1, -0.05) is 0 Å². The summed E-state index contributed by atoms with van der Waals surface area (Å²) in [6, 6.07) is 4.70. The zero-order valence-corrected chi connectivity index (χ0v) is 11.4. The molecule has 102 valence electrons. The van der Waals surface area contributed by atoms with Crippen LogP contribution in [0.3, 0.4) is 0 Å². The van der Waals surface area contributed by atoms with Crippen LogP contribution in [0.1, 0.15) is 24.4 Å². The maximum Gasteiger partial charge on any atom is 0.117 e. The molecule has 1 aliphatic heterocycles. The first-order valence-corrected chi connectivity index (χ1v) is 6.78. The molecule has 4 heteroatoms. The van der Waals surface area contributed by atoms with Gasteiger partial charge in [0.15, 0.2) is 0 Å². The van der Waals surface area contributed by atoms with Crippen molar-refractivity contribution in [3.8, 4) is 0 Å². The smallest absolute Gasteiger partial charge is 0.117 e. The van der Waals surface area contributed by atoms with E-state index in [4.69, 9.17) is 9.15 Å². The predicted molar refractivity (Wildman–Crippen MR) is 71.6 cm³/mol. The molecule has 0 bridgehead atoms. The first-order chi connectivity index (χ1) is 8.79. The van der Waals surface area contributed by atoms with Gasteiger partial charge in [0.2, 0.25) is 0 Å².